The summed E-state index contributed by atoms with van der Waals surface area (Å²) in [4.78, 5) is 0. The van der Waals surface area contributed by atoms with Crippen molar-refractivity contribution in [2.24, 2.45) is 7.05 Å². The molecule has 2 aromatic carbocycles. The molecule has 1 nitrogen and oxygen atoms in total. The maximum Gasteiger partial charge on any atom is 0.220 e. The molecule has 0 atom stereocenters. The van der Waals surface area contributed by atoms with Crippen molar-refractivity contribution in [2.45, 2.75) is 52.2 Å². The molecule has 26 heavy (non-hydrogen) atoms. The van der Waals surface area contributed by atoms with Crippen LogP contribution < -0.4 is 9.75 Å². The smallest absolute Gasteiger partial charge is 0.200 e. The number of aryl methyl sites for hydroxylation is 3. The Labute approximate surface area is 158 Å². The van der Waals surface area contributed by atoms with Crippen LogP contribution in [-0.4, -0.2) is 8.07 Å². The van der Waals surface area contributed by atoms with Gasteiger partial charge in [-0.2, -0.15) is 0 Å². The van der Waals surface area contributed by atoms with Gasteiger partial charge in [0.05, 0.1) is 19.0 Å². The van der Waals surface area contributed by atoms with Crippen molar-refractivity contribution in [3.63, 3.8) is 0 Å². The molecule has 1 aliphatic rings. The average Bonchev–Trinajstić information content (AvgIpc) is 2.62. The van der Waals surface area contributed by atoms with Gasteiger partial charge in [0.1, 0.15) is 7.05 Å². The Hall–Kier alpha value is -1.93. The molecule has 0 spiro atoms. The number of hydrogen-bond donors (Lipinski definition) is 0. The van der Waals surface area contributed by atoms with Gasteiger partial charge >= 0.3 is 0 Å². The Bertz CT molecular complexity index is 999. The van der Waals surface area contributed by atoms with Crippen molar-refractivity contribution in [2.75, 3.05) is 0 Å². The summed E-state index contributed by atoms with van der Waals surface area (Å²) in [5, 5.41) is 4.42. The topological polar surface area (TPSA) is 3.88 Å². The summed E-state index contributed by atoms with van der Waals surface area (Å²) in [5.74, 6) is 0. The van der Waals surface area contributed by atoms with Gasteiger partial charge in [0.2, 0.25) is 5.69 Å². The monoisotopic (exact) mass is 360 g/mol. The standard InChI is InChI=1S/C24H30NSi/c1-6-19-14-17(2)18(3)23(15-19)24-22-9-8-21(26(5)12-7-13-26)16-20(22)10-11-25(24)4/h8-11,14-16H,6-7,12-13H2,1-5H3/q+1. The second-order valence-electron chi connectivity index (χ2n) is 8.43. The summed E-state index contributed by atoms with van der Waals surface area (Å²) in [5.41, 5.74) is 6.95. The van der Waals surface area contributed by atoms with E-state index in [-0.39, 0.29) is 0 Å². The van der Waals surface area contributed by atoms with E-state index in [1.165, 1.54) is 57.2 Å². The predicted octanol–water partition coefficient (Wildman–Crippen LogP) is 5.20. The summed E-state index contributed by atoms with van der Waals surface area (Å²) in [6, 6.07) is 17.3. The second-order valence-corrected chi connectivity index (χ2v) is 13.1. The number of nitrogens with zero attached hydrogens (tertiary/aromatic N) is 1. The van der Waals surface area contributed by atoms with Crippen LogP contribution in [0.25, 0.3) is 22.0 Å². The normalized spacial score (nSPS) is 15.9. The number of rotatable bonds is 3. The van der Waals surface area contributed by atoms with Gasteiger partial charge in [0, 0.05) is 6.07 Å². The molecule has 1 saturated heterocycles. The molecule has 1 aliphatic heterocycles. The lowest BCUT2D eigenvalue weighted by molar-refractivity contribution is -0.659. The highest BCUT2D eigenvalue weighted by Crippen LogP contribution is 2.34. The third-order valence-corrected chi connectivity index (χ3v) is 11.3. The fourth-order valence-corrected chi connectivity index (χ4v) is 7.44. The van der Waals surface area contributed by atoms with Gasteiger partial charge in [0.15, 0.2) is 6.20 Å². The van der Waals surface area contributed by atoms with Crippen LogP contribution in [0.15, 0.2) is 42.6 Å². The summed E-state index contributed by atoms with van der Waals surface area (Å²) in [6.45, 7) is 9.30. The van der Waals surface area contributed by atoms with Gasteiger partial charge in [-0.15, -0.1) is 0 Å². The minimum atomic E-state index is -1.14. The van der Waals surface area contributed by atoms with Gasteiger partial charge in [-0.1, -0.05) is 55.4 Å². The molecule has 2 heteroatoms. The quantitative estimate of drug-likeness (QED) is 0.446. The van der Waals surface area contributed by atoms with Gasteiger partial charge in [-0.3, -0.25) is 0 Å². The minimum absolute atomic E-state index is 1.08. The molecule has 0 bridgehead atoms. The Kier molecular flexibility index (Phi) is 4.27. The van der Waals surface area contributed by atoms with E-state index in [9.17, 15) is 0 Å². The lowest BCUT2D eigenvalue weighted by Crippen LogP contribution is -2.50. The van der Waals surface area contributed by atoms with Crippen molar-refractivity contribution in [1.82, 2.24) is 0 Å². The van der Waals surface area contributed by atoms with E-state index in [1.54, 1.807) is 5.19 Å². The van der Waals surface area contributed by atoms with E-state index in [4.69, 9.17) is 0 Å². The first-order valence-electron chi connectivity index (χ1n) is 9.96. The third-order valence-electron chi connectivity index (χ3n) is 6.68. The van der Waals surface area contributed by atoms with Crippen LogP contribution in [0.1, 0.15) is 30.0 Å². The summed E-state index contributed by atoms with van der Waals surface area (Å²) < 4.78 is 2.30. The van der Waals surface area contributed by atoms with E-state index in [2.05, 4.69) is 81.5 Å². The molecular weight excluding hydrogens is 330 g/mol. The zero-order valence-corrected chi connectivity index (χ0v) is 17.8. The first kappa shape index (κ1) is 17.5. The summed E-state index contributed by atoms with van der Waals surface area (Å²) in [7, 11) is 1.04. The van der Waals surface area contributed by atoms with E-state index in [0.29, 0.717) is 0 Å². The van der Waals surface area contributed by atoms with Crippen LogP contribution in [0, 0.1) is 13.8 Å². The predicted molar refractivity (Wildman–Crippen MR) is 115 cm³/mol. The molecule has 2 heterocycles. The molecule has 0 amide bonds. The van der Waals surface area contributed by atoms with Crippen LogP contribution in [0.4, 0.5) is 0 Å². The van der Waals surface area contributed by atoms with Gasteiger partial charge in [-0.05, 0) is 54.5 Å². The molecule has 1 aromatic heterocycles. The number of hydrogen-bond acceptors (Lipinski definition) is 0. The molecule has 0 aliphatic carbocycles. The Morgan fingerprint density at radius 3 is 2.46 bits per heavy atom. The SMILES string of the molecule is CCc1cc(C)c(C)c(-c2c3ccc([Si]4(C)CCC4)cc3cc[n+]2C)c1. The van der Waals surface area contributed by atoms with Crippen molar-refractivity contribution in [1.29, 1.82) is 0 Å². The number of fused-ring (bicyclic) bond motifs is 1. The second kappa shape index (κ2) is 6.35. The maximum atomic E-state index is 2.56. The zero-order valence-electron chi connectivity index (χ0n) is 16.8. The zero-order chi connectivity index (χ0) is 18.5. The van der Waals surface area contributed by atoms with Crippen LogP contribution >= 0.6 is 0 Å². The van der Waals surface area contributed by atoms with E-state index in [0.717, 1.165) is 6.42 Å². The van der Waals surface area contributed by atoms with Gasteiger partial charge in [-0.25, -0.2) is 4.57 Å². The van der Waals surface area contributed by atoms with Crippen molar-refractivity contribution in [3.8, 4) is 11.3 Å². The van der Waals surface area contributed by atoms with E-state index >= 15 is 0 Å². The molecule has 0 radical (unpaired) electrons. The summed E-state index contributed by atoms with van der Waals surface area (Å²) >= 11 is 0. The molecule has 0 unspecified atom stereocenters. The lowest BCUT2D eigenvalue weighted by Gasteiger charge is -2.36. The van der Waals surface area contributed by atoms with Gasteiger partial charge < -0.3 is 0 Å². The number of benzene rings is 2. The van der Waals surface area contributed by atoms with E-state index < -0.39 is 8.07 Å². The molecule has 3 aromatic rings. The van der Waals surface area contributed by atoms with Crippen LogP contribution in [0.3, 0.4) is 0 Å². The molecular formula is C24H30NSi+. The van der Waals surface area contributed by atoms with Crippen LogP contribution in [-0.2, 0) is 13.5 Å². The summed E-state index contributed by atoms with van der Waals surface area (Å²) in [6.07, 6.45) is 4.74. The Morgan fingerprint density at radius 2 is 1.81 bits per heavy atom. The molecule has 1 fully saturated rings. The fraction of sp³-hybridized carbons (Fsp3) is 0.375. The molecule has 4 rings (SSSR count). The van der Waals surface area contributed by atoms with Crippen LogP contribution in [0.5, 0.6) is 0 Å². The van der Waals surface area contributed by atoms with Crippen molar-refractivity contribution in [3.05, 3.63) is 59.3 Å². The van der Waals surface area contributed by atoms with Crippen molar-refractivity contribution >= 4 is 24.0 Å². The van der Waals surface area contributed by atoms with Crippen molar-refractivity contribution < 1.29 is 4.57 Å². The Balaban J connectivity index is 1.96. The number of pyridine rings is 1. The highest BCUT2D eigenvalue weighted by molar-refractivity contribution is 6.93. The lowest BCUT2D eigenvalue weighted by atomic mass is 9.93. The largest absolute Gasteiger partial charge is 0.220 e. The molecule has 0 saturated carbocycles. The van der Waals surface area contributed by atoms with E-state index in [1.807, 2.05) is 0 Å². The third kappa shape index (κ3) is 2.71. The highest BCUT2D eigenvalue weighted by Gasteiger charge is 2.36. The fourth-order valence-electron chi connectivity index (χ4n) is 4.46. The average molecular weight is 361 g/mol. The Morgan fingerprint density at radius 1 is 1.04 bits per heavy atom. The van der Waals surface area contributed by atoms with Crippen LogP contribution in [0.2, 0.25) is 18.6 Å². The van der Waals surface area contributed by atoms with Gasteiger partial charge in [0.25, 0.3) is 0 Å². The molecule has 134 valence electrons. The first-order chi connectivity index (χ1) is 12.4. The maximum absolute atomic E-state index is 2.56. The minimum Gasteiger partial charge on any atom is -0.200 e. The highest BCUT2D eigenvalue weighted by atomic mass is 28.3. The first-order valence-corrected chi connectivity index (χ1v) is 12.9. The number of aromatic nitrogens is 1. The molecule has 0 N–H and O–H groups in total.